The van der Waals surface area contributed by atoms with Crippen LogP contribution in [0.5, 0.6) is 0 Å². The van der Waals surface area contributed by atoms with Crippen LogP contribution in [0.15, 0.2) is 18.2 Å². The molecule has 0 radical (unpaired) electrons. The lowest BCUT2D eigenvalue weighted by molar-refractivity contribution is 0.0701. The number of carboxylic acid groups (broad SMARTS) is 1. The molecule has 1 aromatic heterocycles. The van der Waals surface area contributed by atoms with Crippen molar-refractivity contribution in [2.24, 2.45) is 0 Å². The Balaban J connectivity index is 2.31. The monoisotopic (exact) mass is 266 g/mol. The van der Waals surface area contributed by atoms with Gasteiger partial charge in [0.25, 0.3) is 0 Å². The molecule has 4 nitrogen and oxygen atoms in total. The largest absolute Gasteiger partial charge is 0.477 e. The Labute approximate surface area is 107 Å². The molecule has 2 N–H and O–H groups in total. The van der Waals surface area contributed by atoms with Crippen molar-refractivity contribution in [2.45, 2.75) is 13.8 Å². The SMILES string of the molecule is Cc1ccc(F)c(Nc2nc(C)c(C(=O)O)s2)c1. The second kappa shape index (κ2) is 4.73. The number of thiazole rings is 1. The van der Waals surface area contributed by atoms with E-state index in [-0.39, 0.29) is 4.88 Å². The van der Waals surface area contributed by atoms with Crippen LogP contribution in [0, 0.1) is 19.7 Å². The van der Waals surface area contributed by atoms with Crippen molar-refractivity contribution in [1.82, 2.24) is 4.98 Å². The van der Waals surface area contributed by atoms with E-state index in [2.05, 4.69) is 10.3 Å². The number of nitrogens with one attached hydrogen (secondary N) is 1. The fourth-order valence-corrected chi connectivity index (χ4v) is 2.32. The topological polar surface area (TPSA) is 62.2 Å². The first-order valence-corrected chi connectivity index (χ1v) is 6.03. The fraction of sp³-hybridized carbons (Fsp3) is 0.167. The van der Waals surface area contributed by atoms with Crippen molar-refractivity contribution in [2.75, 3.05) is 5.32 Å². The number of aryl methyl sites for hydroxylation is 2. The number of benzene rings is 1. The number of hydrogen-bond acceptors (Lipinski definition) is 4. The molecule has 0 aliphatic rings. The number of aromatic carboxylic acids is 1. The number of aromatic nitrogens is 1. The summed E-state index contributed by atoms with van der Waals surface area (Å²) in [5, 5.41) is 12.1. The van der Waals surface area contributed by atoms with E-state index in [0.29, 0.717) is 16.5 Å². The Morgan fingerprint density at radius 2 is 2.17 bits per heavy atom. The van der Waals surface area contributed by atoms with Gasteiger partial charge in [-0.3, -0.25) is 0 Å². The summed E-state index contributed by atoms with van der Waals surface area (Å²) in [7, 11) is 0. The number of halogens is 1. The third-order valence-corrected chi connectivity index (χ3v) is 3.42. The molecule has 2 aromatic rings. The van der Waals surface area contributed by atoms with E-state index in [4.69, 9.17) is 5.11 Å². The molecular formula is C12H11FN2O2S. The average molecular weight is 266 g/mol. The number of anilines is 2. The Morgan fingerprint density at radius 3 is 2.78 bits per heavy atom. The van der Waals surface area contributed by atoms with E-state index in [1.807, 2.05) is 6.92 Å². The van der Waals surface area contributed by atoms with Gasteiger partial charge in [-0.1, -0.05) is 17.4 Å². The molecule has 6 heteroatoms. The number of carboxylic acids is 1. The van der Waals surface area contributed by atoms with Crippen molar-refractivity contribution in [3.8, 4) is 0 Å². The van der Waals surface area contributed by atoms with Gasteiger partial charge in [-0.15, -0.1) is 0 Å². The highest BCUT2D eigenvalue weighted by Crippen LogP contribution is 2.27. The molecule has 0 aliphatic carbocycles. The summed E-state index contributed by atoms with van der Waals surface area (Å²) in [6, 6.07) is 4.67. The molecule has 0 saturated heterocycles. The van der Waals surface area contributed by atoms with Gasteiger partial charge in [0.1, 0.15) is 10.7 Å². The van der Waals surface area contributed by atoms with E-state index in [1.165, 1.54) is 6.07 Å². The van der Waals surface area contributed by atoms with Crippen molar-refractivity contribution in [3.63, 3.8) is 0 Å². The molecule has 0 spiro atoms. The molecule has 0 bridgehead atoms. The molecule has 0 unspecified atom stereocenters. The van der Waals surface area contributed by atoms with E-state index in [0.717, 1.165) is 16.9 Å². The lowest BCUT2D eigenvalue weighted by Crippen LogP contribution is -1.94. The molecule has 2 rings (SSSR count). The van der Waals surface area contributed by atoms with Gasteiger partial charge >= 0.3 is 5.97 Å². The predicted octanol–water partition coefficient (Wildman–Crippen LogP) is 3.34. The summed E-state index contributed by atoms with van der Waals surface area (Å²) >= 11 is 0.989. The molecular weight excluding hydrogens is 255 g/mol. The van der Waals surface area contributed by atoms with Gasteiger partial charge in [-0.25, -0.2) is 14.2 Å². The van der Waals surface area contributed by atoms with Crippen molar-refractivity contribution >= 4 is 28.1 Å². The molecule has 0 atom stereocenters. The summed E-state index contributed by atoms with van der Waals surface area (Å²) in [4.78, 5) is 15.1. The molecule has 94 valence electrons. The quantitative estimate of drug-likeness (QED) is 0.894. The highest BCUT2D eigenvalue weighted by atomic mass is 32.1. The summed E-state index contributed by atoms with van der Waals surface area (Å²) in [5.41, 5.74) is 1.62. The van der Waals surface area contributed by atoms with Crippen molar-refractivity contribution in [1.29, 1.82) is 0 Å². The van der Waals surface area contributed by atoms with Gasteiger partial charge in [-0.2, -0.15) is 0 Å². The zero-order chi connectivity index (χ0) is 13.3. The third-order valence-electron chi connectivity index (χ3n) is 2.35. The summed E-state index contributed by atoms with van der Waals surface area (Å²) < 4.78 is 13.5. The van der Waals surface area contributed by atoms with Crippen LogP contribution in [-0.4, -0.2) is 16.1 Å². The minimum atomic E-state index is -1.03. The molecule has 0 fully saturated rings. The first kappa shape index (κ1) is 12.5. The number of rotatable bonds is 3. The maximum absolute atomic E-state index is 13.5. The summed E-state index contributed by atoms with van der Waals surface area (Å²) in [6.07, 6.45) is 0. The molecule has 1 aromatic carbocycles. The first-order chi connectivity index (χ1) is 8.47. The van der Waals surface area contributed by atoms with Crippen LogP contribution >= 0.6 is 11.3 Å². The predicted molar refractivity (Wildman–Crippen MR) is 68.2 cm³/mol. The normalized spacial score (nSPS) is 10.4. The summed E-state index contributed by atoms with van der Waals surface area (Å²) in [6.45, 7) is 3.46. The van der Waals surface area contributed by atoms with Crippen LogP contribution < -0.4 is 5.32 Å². The van der Waals surface area contributed by atoms with E-state index in [9.17, 15) is 9.18 Å². The Hall–Kier alpha value is -1.95. The van der Waals surface area contributed by atoms with Crippen molar-refractivity contribution in [3.05, 3.63) is 40.2 Å². The van der Waals surface area contributed by atoms with Gasteiger partial charge in [0, 0.05) is 0 Å². The maximum Gasteiger partial charge on any atom is 0.347 e. The second-order valence-corrected chi connectivity index (χ2v) is 4.85. The molecule has 0 saturated carbocycles. The van der Waals surface area contributed by atoms with Crippen molar-refractivity contribution < 1.29 is 14.3 Å². The van der Waals surface area contributed by atoms with Crippen LogP contribution in [0.25, 0.3) is 0 Å². The van der Waals surface area contributed by atoms with E-state index >= 15 is 0 Å². The zero-order valence-corrected chi connectivity index (χ0v) is 10.6. The third kappa shape index (κ3) is 2.48. The van der Waals surface area contributed by atoms with Gasteiger partial charge in [-0.05, 0) is 31.5 Å². The highest BCUT2D eigenvalue weighted by Gasteiger charge is 2.14. The van der Waals surface area contributed by atoms with E-state index < -0.39 is 11.8 Å². The van der Waals surface area contributed by atoms with Crippen LogP contribution in [0.2, 0.25) is 0 Å². The minimum Gasteiger partial charge on any atom is -0.477 e. The minimum absolute atomic E-state index is 0.158. The highest BCUT2D eigenvalue weighted by molar-refractivity contribution is 7.17. The average Bonchev–Trinajstić information content (AvgIpc) is 2.65. The first-order valence-electron chi connectivity index (χ1n) is 5.21. The van der Waals surface area contributed by atoms with Crippen LogP contribution in [0.4, 0.5) is 15.2 Å². The molecule has 1 heterocycles. The number of hydrogen-bond donors (Lipinski definition) is 2. The van der Waals surface area contributed by atoms with Gasteiger partial charge in [0.05, 0.1) is 11.4 Å². The lowest BCUT2D eigenvalue weighted by Gasteiger charge is -2.04. The maximum atomic E-state index is 13.5. The Bertz CT molecular complexity index is 610. The van der Waals surface area contributed by atoms with Crippen LogP contribution in [-0.2, 0) is 0 Å². The summed E-state index contributed by atoms with van der Waals surface area (Å²) in [5.74, 6) is -1.42. The standard InChI is InChI=1S/C12H11FN2O2S/c1-6-3-4-8(13)9(5-6)15-12-14-7(2)10(18-12)11(16)17/h3-5H,1-2H3,(H,14,15)(H,16,17). The van der Waals surface area contributed by atoms with Gasteiger partial charge < -0.3 is 10.4 Å². The van der Waals surface area contributed by atoms with Gasteiger partial charge in [0.2, 0.25) is 0 Å². The molecule has 0 aliphatic heterocycles. The van der Waals surface area contributed by atoms with Gasteiger partial charge in [0.15, 0.2) is 5.13 Å². The number of nitrogens with zero attached hydrogens (tertiary/aromatic N) is 1. The lowest BCUT2D eigenvalue weighted by atomic mass is 10.2. The Morgan fingerprint density at radius 1 is 1.44 bits per heavy atom. The van der Waals surface area contributed by atoms with E-state index in [1.54, 1.807) is 19.1 Å². The fourth-order valence-electron chi connectivity index (χ4n) is 1.50. The number of carbonyl (C=O) groups is 1. The second-order valence-electron chi connectivity index (χ2n) is 3.85. The van der Waals surface area contributed by atoms with Crippen LogP contribution in [0.1, 0.15) is 20.9 Å². The molecule has 18 heavy (non-hydrogen) atoms. The van der Waals surface area contributed by atoms with Crippen LogP contribution in [0.3, 0.4) is 0 Å². The zero-order valence-electron chi connectivity index (χ0n) is 9.82. The molecule has 0 amide bonds. The Kier molecular flexibility index (Phi) is 3.29. The smallest absolute Gasteiger partial charge is 0.347 e.